The summed E-state index contributed by atoms with van der Waals surface area (Å²) in [6, 6.07) is 7.68. The van der Waals surface area contributed by atoms with E-state index in [1.807, 2.05) is 42.8 Å². The Hall–Kier alpha value is -3.06. The van der Waals surface area contributed by atoms with Gasteiger partial charge in [0.1, 0.15) is 5.00 Å². The molecule has 7 heteroatoms. The normalized spacial score (nSPS) is 11.0. The first-order chi connectivity index (χ1) is 12.6. The number of hydrogen-bond acceptors (Lipinski definition) is 6. The maximum Gasteiger partial charge on any atom is 0.256 e. The lowest BCUT2D eigenvalue weighted by atomic mass is 10.1. The number of methoxy groups -OCH3 is 2. The number of ether oxygens (including phenoxy) is 2. The van der Waals surface area contributed by atoms with Crippen LogP contribution in [0.25, 0.3) is 27.2 Å². The molecule has 4 heterocycles. The van der Waals surface area contributed by atoms with Crippen molar-refractivity contribution < 1.29 is 14.6 Å². The minimum Gasteiger partial charge on any atom is -0.494 e. The van der Waals surface area contributed by atoms with E-state index in [0.717, 1.165) is 32.7 Å². The van der Waals surface area contributed by atoms with Crippen molar-refractivity contribution >= 4 is 22.2 Å². The number of aromatic nitrogens is 3. The number of aromatic hydroxyl groups is 1. The van der Waals surface area contributed by atoms with E-state index >= 15 is 0 Å². The Morgan fingerprint density at radius 1 is 1.19 bits per heavy atom. The van der Waals surface area contributed by atoms with Crippen molar-refractivity contribution in [3.05, 3.63) is 47.6 Å². The van der Waals surface area contributed by atoms with Gasteiger partial charge in [0.2, 0.25) is 5.88 Å². The van der Waals surface area contributed by atoms with Crippen LogP contribution in [0.4, 0.5) is 0 Å². The van der Waals surface area contributed by atoms with Gasteiger partial charge < -0.3 is 14.6 Å². The third-order valence-electron chi connectivity index (χ3n) is 4.22. The largest absolute Gasteiger partial charge is 0.494 e. The van der Waals surface area contributed by atoms with Crippen molar-refractivity contribution in [2.45, 2.75) is 6.92 Å². The van der Waals surface area contributed by atoms with Crippen LogP contribution < -0.4 is 9.47 Å². The van der Waals surface area contributed by atoms with Gasteiger partial charge in [-0.25, -0.2) is 9.97 Å². The Morgan fingerprint density at radius 2 is 2.04 bits per heavy atom. The van der Waals surface area contributed by atoms with Gasteiger partial charge in [0.25, 0.3) is 5.88 Å². The van der Waals surface area contributed by atoms with E-state index in [1.165, 1.54) is 0 Å². The molecule has 0 bridgehead atoms. The third-order valence-corrected chi connectivity index (χ3v) is 5.09. The molecular weight excluding hydrogens is 350 g/mol. The Labute approximate surface area is 154 Å². The number of thiophene rings is 1. The topological polar surface area (TPSA) is 69.4 Å². The van der Waals surface area contributed by atoms with Gasteiger partial charge in [-0.15, -0.1) is 11.3 Å². The predicted molar refractivity (Wildman–Crippen MR) is 102 cm³/mol. The molecule has 4 aromatic heterocycles. The molecule has 0 atom stereocenters. The monoisotopic (exact) mass is 367 g/mol. The van der Waals surface area contributed by atoms with Crippen molar-refractivity contribution in [1.29, 1.82) is 0 Å². The van der Waals surface area contributed by atoms with Gasteiger partial charge >= 0.3 is 0 Å². The first-order valence-electron chi connectivity index (χ1n) is 7.96. The van der Waals surface area contributed by atoms with Crippen LogP contribution in [0.15, 0.2) is 42.0 Å². The predicted octanol–water partition coefficient (Wildman–Crippen LogP) is 4.18. The quantitative estimate of drug-likeness (QED) is 0.586. The highest BCUT2D eigenvalue weighted by Crippen LogP contribution is 2.36. The molecule has 0 aromatic carbocycles. The maximum absolute atomic E-state index is 10.6. The summed E-state index contributed by atoms with van der Waals surface area (Å²) in [5.74, 6) is 1.17. The SMILES string of the molecule is COc1cc(-c2cc(C)c3c(O)n(-c4cccs4)cc3n2)cnc1OC. The Balaban J connectivity index is 1.88. The Morgan fingerprint density at radius 3 is 2.73 bits per heavy atom. The van der Waals surface area contributed by atoms with E-state index in [0.29, 0.717) is 11.6 Å². The second-order valence-corrected chi connectivity index (χ2v) is 6.72. The van der Waals surface area contributed by atoms with Crippen LogP contribution in [0.3, 0.4) is 0 Å². The molecule has 0 saturated carbocycles. The van der Waals surface area contributed by atoms with E-state index in [2.05, 4.69) is 4.98 Å². The van der Waals surface area contributed by atoms with Crippen molar-refractivity contribution in [2.75, 3.05) is 14.2 Å². The van der Waals surface area contributed by atoms with Crippen molar-refractivity contribution in [1.82, 2.24) is 14.5 Å². The average molecular weight is 367 g/mol. The fraction of sp³-hybridized carbons (Fsp3) is 0.158. The zero-order valence-electron chi connectivity index (χ0n) is 14.6. The van der Waals surface area contributed by atoms with Crippen LogP contribution >= 0.6 is 11.3 Å². The van der Waals surface area contributed by atoms with Crippen LogP contribution in [0.1, 0.15) is 5.56 Å². The molecular formula is C19H17N3O3S. The standard InChI is InChI=1S/C19H17N3O3S/c1-11-7-13(12-8-15(24-2)18(25-3)20-9-12)21-14-10-22(19(23)17(11)14)16-5-4-6-26-16/h4-10,23H,1-3H3. The van der Waals surface area contributed by atoms with Crippen LogP contribution in [0.2, 0.25) is 0 Å². The van der Waals surface area contributed by atoms with Gasteiger partial charge in [-0.05, 0) is 42.1 Å². The van der Waals surface area contributed by atoms with Gasteiger partial charge in [-0.3, -0.25) is 4.57 Å². The first-order valence-corrected chi connectivity index (χ1v) is 8.84. The molecule has 0 spiro atoms. The summed E-state index contributed by atoms with van der Waals surface area (Å²) >= 11 is 1.56. The van der Waals surface area contributed by atoms with Crippen LogP contribution in [-0.4, -0.2) is 33.9 Å². The summed E-state index contributed by atoms with van der Waals surface area (Å²) in [6.07, 6.45) is 3.55. The summed E-state index contributed by atoms with van der Waals surface area (Å²) in [7, 11) is 3.12. The number of aryl methyl sites for hydroxylation is 1. The molecule has 0 amide bonds. The molecule has 0 saturated heterocycles. The summed E-state index contributed by atoms with van der Waals surface area (Å²) in [4.78, 5) is 8.99. The van der Waals surface area contributed by atoms with Gasteiger partial charge in [0.15, 0.2) is 5.75 Å². The van der Waals surface area contributed by atoms with E-state index < -0.39 is 0 Å². The van der Waals surface area contributed by atoms with Crippen molar-refractivity contribution in [3.8, 4) is 33.8 Å². The molecule has 4 rings (SSSR count). The maximum atomic E-state index is 10.6. The van der Waals surface area contributed by atoms with Gasteiger partial charge in [0, 0.05) is 18.0 Å². The molecule has 0 aliphatic rings. The second-order valence-electron chi connectivity index (χ2n) is 5.79. The fourth-order valence-corrected chi connectivity index (χ4v) is 3.69. The third kappa shape index (κ3) is 2.57. The summed E-state index contributed by atoms with van der Waals surface area (Å²) < 4.78 is 12.3. The smallest absolute Gasteiger partial charge is 0.256 e. The van der Waals surface area contributed by atoms with Crippen LogP contribution in [-0.2, 0) is 0 Å². The fourth-order valence-electron chi connectivity index (χ4n) is 2.98. The molecule has 0 radical (unpaired) electrons. The summed E-state index contributed by atoms with van der Waals surface area (Å²) in [5.41, 5.74) is 3.23. The molecule has 0 aliphatic heterocycles. The number of pyridine rings is 2. The zero-order valence-corrected chi connectivity index (χ0v) is 15.4. The number of rotatable bonds is 4. The molecule has 0 fully saturated rings. The lowest BCUT2D eigenvalue weighted by Crippen LogP contribution is -1.95. The lowest BCUT2D eigenvalue weighted by Gasteiger charge is -2.09. The molecule has 6 nitrogen and oxygen atoms in total. The van der Waals surface area contributed by atoms with Crippen LogP contribution in [0, 0.1) is 6.92 Å². The van der Waals surface area contributed by atoms with E-state index in [1.54, 1.807) is 36.3 Å². The highest BCUT2D eigenvalue weighted by atomic mass is 32.1. The van der Waals surface area contributed by atoms with Crippen LogP contribution in [0.5, 0.6) is 17.5 Å². The van der Waals surface area contributed by atoms with E-state index in [-0.39, 0.29) is 5.88 Å². The lowest BCUT2D eigenvalue weighted by molar-refractivity contribution is 0.343. The summed E-state index contributed by atoms with van der Waals surface area (Å²) in [5, 5.41) is 14.3. The highest BCUT2D eigenvalue weighted by Gasteiger charge is 2.16. The molecule has 132 valence electrons. The number of fused-ring (bicyclic) bond motifs is 1. The first kappa shape index (κ1) is 16.4. The molecule has 1 N–H and O–H groups in total. The van der Waals surface area contributed by atoms with E-state index in [9.17, 15) is 5.11 Å². The average Bonchev–Trinajstić information content (AvgIpc) is 3.29. The summed E-state index contributed by atoms with van der Waals surface area (Å²) in [6.45, 7) is 1.96. The zero-order chi connectivity index (χ0) is 18.3. The Bertz CT molecular complexity index is 1090. The number of hydrogen-bond donors (Lipinski definition) is 1. The number of nitrogens with zero attached hydrogens (tertiary/aromatic N) is 3. The van der Waals surface area contributed by atoms with Crippen molar-refractivity contribution in [2.24, 2.45) is 0 Å². The van der Waals surface area contributed by atoms with Crippen molar-refractivity contribution in [3.63, 3.8) is 0 Å². The van der Waals surface area contributed by atoms with Gasteiger partial charge in [0.05, 0.1) is 30.8 Å². The van der Waals surface area contributed by atoms with E-state index in [4.69, 9.17) is 14.5 Å². The molecule has 4 aromatic rings. The van der Waals surface area contributed by atoms with Gasteiger partial charge in [-0.2, -0.15) is 0 Å². The highest BCUT2D eigenvalue weighted by molar-refractivity contribution is 7.12. The molecule has 26 heavy (non-hydrogen) atoms. The Kier molecular flexibility index (Phi) is 4.00. The molecule has 0 unspecified atom stereocenters. The second kappa shape index (κ2) is 6.34. The molecule has 0 aliphatic carbocycles. The van der Waals surface area contributed by atoms with Gasteiger partial charge in [-0.1, -0.05) is 0 Å². The minimum atomic E-state index is 0.199. The minimum absolute atomic E-state index is 0.199.